The van der Waals surface area contributed by atoms with E-state index >= 15 is 0 Å². The molecule has 0 aliphatic heterocycles. The maximum absolute atomic E-state index is 12.0. The molecule has 0 unspecified atom stereocenters. The highest BCUT2D eigenvalue weighted by Crippen LogP contribution is 2.26. The maximum atomic E-state index is 12.0. The van der Waals surface area contributed by atoms with Crippen molar-refractivity contribution in [2.45, 2.75) is 31.6 Å². The zero-order valence-electron chi connectivity index (χ0n) is 27.3. The third-order valence-electron chi connectivity index (χ3n) is 7.51. The highest BCUT2D eigenvalue weighted by Gasteiger charge is 2.17. The number of carbonyl (C=O) groups is 2. The lowest BCUT2D eigenvalue weighted by atomic mass is 10.0. The van der Waals surface area contributed by atoms with Crippen molar-refractivity contribution in [3.63, 3.8) is 0 Å². The zero-order valence-corrected chi connectivity index (χ0v) is 28.1. The van der Waals surface area contributed by atoms with E-state index in [1.54, 1.807) is 42.9 Å². The number of aromatic nitrogens is 4. The molecule has 0 radical (unpaired) electrons. The third-order valence-corrected chi connectivity index (χ3v) is 8.43. The number of aryl methyl sites for hydroxylation is 2. The average Bonchev–Trinajstić information content (AvgIpc) is 3.07. The van der Waals surface area contributed by atoms with E-state index in [-0.39, 0.29) is 10.9 Å². The second-order valence-electron chi connectivity index (χ2n) is 11.4. The lowest BCUT2D eigenvalue weighted by Gasteiger charge is -2.09. The SMILES string of the molecule is COC(=O)c1ccnc(Cc2cc(N)c3ncc(C)cc3c2)c1.COC(=O)c1ccnc(Cc2cc(S(N)(=O)=O)c3ncc(C)cc3c2)c1. The summed E-state index contributed by atoms with van der Waals surface area (Å²) in [7, 11) is -1.27. The fourth-order valence-electron chi connectivity index (χ4n) is 5.32. The predicted molar refractivity (Wildman–Crippen MR) is 186 cm³/mol. The van der Waals surface area contributed by atoms with Crippen LogP contribution in [0.1, 0.15) is 54.4 Å². The van der Waals surface area contributed by atoms with Crippen molar-refractivity contribution >= 4 is 49.5 Å². The Morgan fingerprint density at radius 1 is 0.673 bits per heavy atom. The summed E-state index contributed by atoms with van der Waals surface area (Å²) in [5.41, 5.74) is 13.8. The van der Waals surface area contributed by atoms with E-state index in [1.165, 1.54) is 26.5 Å². The number of methoxy groups -OCH3 is 2. The van der Waals surface area contributed by atoms with Crippen molar-refractivity contribution in [1.82, 2.24) is 19.9 Å². The summed E-state index contributed by atoms with van der Waals surface area (Å²) in [6.07, 6.45) is 7.43. The van der Waals surface area contributed by atoms with Crippen LogP contribution in [-0.4, -0.2) is 54.5 Å². The van der Waals surface area contributed by atoms with Gasteiger partial charge in [-0.2, -0.15) is 0 Å². The van der Waals surface area contributed by atoms with Gasteiger partial charge in [-0.3, -0.25) is 19.9 Å². The average molecular weight is 679 g/mol. The standard InChI is InChI=1S/C18H17N3O4S.C18H17N3O2/c1-11-5-14-6-12(8-16(26(19,23)24)17(14)21-10-11)7-15-9-13(3-4-20-15)18(22)25-2;1-11-5-14-6-12(8-16(19)17(14)21-10-11)7-15-9-13(3-4-20-15)18(22)23-2/h3-6,8-10H,7H2,1-2H3,(H2,19,23,24);3-6,8-10H,7,19H2,1-2H3. The Morgan fingerprint density at radius 3 is 1.63 bits per heavy atom. The highest BCUT2D eigenvalue weighted by atomic mass is 32.2. The Kier molecular flexibility index (Phi) is 10.3. The number of ether oxygens (including phenoxy) is 2. The van der Waals surface area contributed by atoms with Crippen LogP contribution >= 0.6 is 0 Å². The molecule has 0 saturated carbocycles. The molecule has 4 aromatic heterocycles. The smallest absolute Gasteiger partial charge is 0.337 e. The van der Waals surface area contributed by atoms with Crippen LogP contribution in [0.25, 0.3) is 21.8 Å². The van der Waals surface area contributed by atoms with Gasteiger partial charge >= 0.3 is 11.9 Å². The fraction of sp³-hybridized carbons (Fsp3) is 0.167. The molecular formula is C36H34N6O6S. The number of hydrogen-bond donors (Lipinski definition) is 2. The molecule has 0 atom stereocenters. The van der Waals surface area contributed by atoms with Crippen LogP contribution in [0.5, 0.6) is 0 Å². The summed E-state index contributed by atoms with van der Waals surface area (Å²) in [5.74, 6) is -0.830. The molecule has 4 heterocycles. The van der Waals surface area contributed by atoms with E-state index in [2.05, 4.69) is 32.1 Å². The van der Waals surface area contributed by atoms with Crippen molar-refractivity contribution in [1.29, 1.82) is 0 Å². The van der Waals surface area contributed by atoms with E-state index in [0.29, 0.717) is 51.8 Å². The van der Waals surface area contributed by atoms with Gasteiger partial charge in [-0.15, -0.1) is 0 Å². The maximum Gasteiger partial charge on any atom is 0.337 e. The number of nitrogen functional groups attached to an aromatic ring is 1. The molecule has 49 heavy (non-hydrogen) atoms. The minimum Gasteiger partial charge on any atom is -0.465 e. The topological polar surface area (TPSA) is 190 Å². The van der Waals surface area contributed by atoms with Gasteiger partial charge in [-0.05, 0) is 96.8 Å². The number of fused-ring (bicyclic) bond motifs is 2. The van der Waals surface area contributed by atoms with Gasteiger partial charge < -0.3 is 15.2 Å². The quantitative estimate of drug-likeness (QED) is 0.173. The number of nitrogens with zero attached hydrogens (tertiary/aromatic N) is 4. The predicted octanol–water partition coefficient (Wildman–Crippen LogP) is 4.86. The number of anilines is 1. The zero-order chi connectivity index (χ0) is 35.3. The summed E-state index contributed by atoms with van der Waals surface area (Å²) >= 11 is 0. The van der Waals surface area contributed by atoms with Crippen LogP contribution in [0, 0.1) is 13.8 Å². The Labute approximate surface area is 283 Å². The van der Waals surface area contributed by atoms with Crippen LogP contribution in [0.2, 0.25) is 0 Å². The van der Waals surface area contributed by atoms with Crippen molar-refractivity contribution < 1.29 is 27.5 Å². The van der Waals surface area contributed by atoms with E-state index in [1.807, 2.05) is 32.0 Å². The van der Waals surface area contributed by atoms with Gasteiger partial charge in [0, 0.05) is 59.8 Å². The molecule has 0 fully saturated rings. The number of benzene rings is 2. The van der Waals surface area contributed by atoms with Crippen molar-refractivity contribution in [3.8, 4) is 0 Å². The second kappa shape index (κ2) is 14.5. The summed E-state index contributed by atoms with van der Waals surface area (Å²) < 4.78 is 33.4. The van der Waals surface area contributed by atoms with E-state index < -0.39 is 16.0 Å². The lowest BCUT2D eigenvalue weighted by molar-refractivity contribution is 0.0591. The Bertz CT molecular complexity index is 2330. The first kappa shape index (κ1) is 34.5. The highest BCUT2D eigenvalue weighted by molar-refractivity contribution is 7.89. The largest absolute Gasteiger partial charge is 0.465 e. The van der Waals surface area contributed by atoms with Gasteiger partial charge in [0.05, 0.1) is 42.1 Å². The normalized spacial score (nSPS) is 11.1. The number of carbonyl (C=O) groups excluding carboxylic acids is 2. The number of esters is 2. The Balaban J connectivity index is 0.000000192. The van der Waals surface area contributed by atoms with Crippen molar-refractivity contribution in [3.05, 3.63) is 130 Å². The Morgan fingerprint density at radius 2 is 1.14 bits per heavy atom. The molecule has 6 aromatic rings. The Hall–Kier alpha value is -5.79. The summed E-state index contributed by atoms with van der Waals surface area (Å²) in [6.45, 7) is 3.87. The number of pyridine rings is 4. The number of hydrogen-bond acceptors (Lipinski definition) is 11. The van der Waals surface area contributed by atoms with Gasteiger partial charge in [0.2, 0.25) is 10.0 Å². The third kappa shape index (κ3) is 8.39. The summed E-state index contributed by atoms with van der Waals surface area (Å²) in [6, 6.07) is 17.7. The van der Waals surface area contributed by atoms with Gasteiger partial charge in [0.15, 0.2) is 0 Å². The van der Waals surface area contributed by atoms with Gasteiger partial charge in [0.1, 0.15) is 4.90 Å². The van der Waals surface area contributed by atoms with Gasteiger partial charge in [0.25, 0.3) is 0 Å². The minimum atomic E-state index is -3.94. The lowest BCUT2D eigenvalue weighted by Crippen LogP contribution is -2.14. The van der Waals surface area contributed by atoms with Crippen molar-refractivity contribution in [2.24, 2.45) is 5.14 Å². The molecule has 0 aliphatic carbocycles. The van der Waals surface area contributed by atoms with E-state index in [4.69, 9.17) is 20.3 Å². The number of sulfonamides is 1. The molecule has 0 amide bonds. The molecule has 13 heteroatoms. The molecule has 0 saturated heterocycles. The van der Waals surface area contributed by atoms with Gasteiger partial charge in [-0.25, -0.2) is 23.1 Å². The first-order chi connectivity index (χ1) is 23.3. The summed E-state index contributed by atoms with van der Waals surface area (Å²) in [5, 5.41) is 7.04. The molecule has 12 nitrogen and oxygen atoms in total. The van der Waals surface area contributed by atoms with Crippen molar-refractivity contribution in [2.75, 3.05) is 20.0 Å². The molecule has 0 spiro atoms. The molecule has 2 aromatic carbocycles. The molecule has 0 aliphatic rings. The monoisotopic (exact) mass is 678 g/mol. The van der Waals surface area contributed by atoms with Crippen LogP contribution < -0.4 is 10.9 Å². The number of nitrogens with two attached hydrogens (primary N) is 2. The molecule has 4 N–H and O–H groups in total. The van der Waals surface area contributed by atoms with Crippen LogP contribution in [0.15, 0.2) is 90.3 Å². The molecule has 0 bridgehead atoms. The fourth-order valence-corrected chi connectivity index (χ4v) is 6.07. The second-order valence-corrected chi connectivity index (χ2v) is 12.9. The van der Waals surface area contributed by atoms with Crippen LogP contribution in [0.4, 0.5) is 5.69 Å². The molecular weight excluding hydrogens is 644 g/mol. The first-order valence-corrected chi connectivity index (χ1v) is 16.5. The first-order valence-electron chi connectivity index (χ1n) is 15.0. The summed E-state index contributed by atoms with van der Waals surface area (Å²) in [4.78, 5) is 40.4. The van der Waals surface area contributed by atoms with Crippen LogP contribution in [-0.2, 0) is 32.3 Å². The van der Waals surface area contributed by atoms with E-state index in [9.17, 15) is 18.0 Å². The van der Waals surface area contributed by atoms with Crippen LogP contribution in [0.3, 0.4) is 0 Å². The van der Waals surface area contributed by atoms with Gasteiger partial charge in [-0.1, -0.05) is 0 Å². The number of primary sulfonamides is 1. The molecule has 250 valence electrons. The minimum absolute atomic E-state index is 0.0332. The van der Waals surface area contributed by atoms with E-state index in [0.717, 1.165) is 33.3 Å². The molecule has 6 rings (SSSR count). The number of rotatable bonds is 7.